The van der Waals surface area contributed by atoms with Crippen molar-refractivity contribution in [3.05, 3.63) is 75.0 Å². The summed E-state index contributed by atoms with van der Waals surface area (Å²) in [6, 6.07) is 13.6. The zero-order valence-corrected chi connectivity index (χ0v) is 16.8. The summed E-state index contributed by atoms with van der Waals surface area (Å²) in [5.74, 6) is 0. The Balaban J connectivity index is 1.77. The van der Waals surface area contributed by atoms with Gasteiger partial charge in [-0.05, 0) is 17.9 Å². The van der Waals surface area contributed by atoms with Gasteiger partial charge < -0.3 is 4.74 Å². The van der Waals surface area contributed by atoms with Crippen molar-refractivity contribution in [3.63, 3.8) is 0 Å². The van der Waals surface area contributed by atoms with Crippen molar-refractivity contribution in [1.82, 2.24) is 14.8 Å². The molecule has 1 aromatic heterocycles. The fourth-order valence-electron chi connectivity index (χ4n) is 3.13. The average Bonchev–Trinajstić information content (AvgIpc) is 3.20. The summed E-state index contributed by atoms with van der Waals surface area (Å²) in [7, 11) is 0. The van der Waals surface area contributed by atoms with E-state index >= 15 is 0 Å². The number of rotatable bonds is 5. The number of thioether (sulfide) groups is 1. The van der Waals surface area contributed by atoms with Crippen LogP contribution in [0.4, 0.5) is 0 Å². The molecule has 0 spiro atoms. The van der Waals surface area contributed by atoms with Crippen LogP contribution in [-0.4, -0.2) is 21.0 Å². The Kier molecular flexibility index (Phi) is 4.92. The van der Waals surface area contributed by atoms with Crippen LogP contribution in [0.2, 0.25) is 15.1 Å². The van der Waals surface area contributed by atoms with E-state index in [0.29, 0.717) is 21.6 Å². The standard InChI is InChI=1S/C18H14Cl3N3OS/c1-26-17-22-10-23-24(17)9-18(11-5-3-2-4-6-11)16(25-18)12-7-8-13(19)15(21)14(12)20/h2-8,10,16H,9H2,1H3/t16-,18-/m0/s1. The Hall–Kier alpha value is -1.24. The Morgan fingerprint density at radius 3 is 2.62 bits per heavy atom. The minimum absolute atomic E-state index is 0.244. The van der Waals surface area contributed by atoms with Crippen molar-refractivity contribution >= 4 is 46.6 Å². The monoisotopic (exact) mass is 425 g/mol. The summed E-state index contributed by atoms with van der Waals surface area (Å²) in [5.41, 5.74) is 1.28. The van der Waals surface area contributed by atoms with Crippen molar-refractivity contribution in [2.75, 3.05) is 6.26 Å². The minimum Gasteiger partial charge on any atom is -0.354 e. The third kappa shape index (κ3) is 3.02. The molecule has 0 saturated carbocycles. The predicted molar refractivity (Wildman–Crippen MR) is 105 cm³/mol. The van der Waals surface area contributed by atoms with E-state index in [-0.39, 0.29) is 6.10 Å². The average molecular weight is 427 g/mol. The van der Waals surface area contributed by atoms with Gasteiger partial charge in [-0.1, -0.05) is 83.0 Å². The SMILES string of the molecule is CSc1ncnn1C[C@@]1(c2ccccc2)O[C@H]1c1ccc(Cl)c(Cl)c1Cl. The number of halogens is 3. The third-order valence-electron chi connectivity index (χ3n) is 4.45. The Morgan fingerprint density at radius 1 is 1.12 bits per heavy atom. The largest absolute Gasteiger partial charge is 0.354 e. The maximum Gasteiger partial charge on any atom is 0.185 e. The molecule has 3 aromatic rings. The molecular formula is C18H14Cl3N3OS. The first-order chi connectivity index (χ1) is 12.6. The third-order valence-corrected chi connectivity index (χ3v) is 6.44. The van der Waals surface area contributed by atoms with Crippen LogP contribution < -0.4 is 0 Å². The zero-order valence-electron chi connectivity index (χ0n) is 13.7. The number of aromatic nitrogens is 3. The highest BCUT2D eigenvalue weighted by Crippen LogP contribution is 2.60. The predicted octanol–water partition coefficient (Wildman–Crippen LogP) is 5.63. The van der Waals surface area contributed by atoms with E-state index in [2.05, 4.69) is 10.1 Å². The lowest BCUT2D eigenvalue weighted by Crippen LogP contribution is -2.20. The molecular weight excluding hydrogens is 413 g/mol. The van der Waals surface area contributed by atoms with Gasteiger partial charge in [-0.2, -0.15) is 5.10 Å². The topological polar surface area (TPSA) is 43.2 Å². The Labute approximate surface area is 170 Å². The molecule has 134 valence electrons. The van der Waals surface area contributed by atoms with Gasteiger partial charge in [0, 0.05) is 5.56 Å². The van der Waals surface area contributed by atoms with Crippen LogP contribution in [0.3, 0.4) is 0 Å². The molecule has 2 aromatic carbocycles. The molecule has 1 fully saturated rings. The molecule has 0 amide bonds. The van der Waals surface area contributed by atoms with E-state index in [1.54, 1.807) is 12.4 Å². The van der Waals surface area contributed by atoms with Gasteiger partial charge in [0.2, 0.25) is 0 Å². The van der Waals surface area contributed by atoms with Crippen LogP contribution in [0, 0.1) is 0 Å². The summed E-state index contributed by atoms with van der Waals surface area (Å²) in [4.78, 5) is 4.28. The lowest BCUT2D eigenvalue weighted by Gasteiger charge is -2.15. The second kappa shape index (κ2) is 7.06. The van der Waals surface area contributed by atoms with Gasteiger partial charge in [-0.15, -0.1) is 0 Å². The highest BCUT2D eigenvalue weighted by Gasteiger charge is 2.60. The van der Waals surface area contributed by atoms with E-state index in [4.69, 9.17) is 39.5 Å². The first-order valence-electron chi connectivity index (χ1n) is 7.85. The van der Waals surface area contributed by atoms with E-state index < -0.39 is 5.60 Å². The molecule has 1 aliphatic rings. The van der Waals surface area contributed by atoms with Crippen LogP contribution in [0.15, 0.2) is 53.9 Å². The van der Waals surface area contributed by atoms with Crippen molar-refractivity contribution in [2.45, 2.75) is 23.4 Å². The summed E-state index contributed by atoms with van der Waals surface area (Å²) in [6.45, 7) is 0.522. The normalized spacial score (nSPS) is 21.8. The molecule has 1 aliphatic heterocycles. The molecule has 4 rings (SSSR count). The van der Waals surface area contributed by atoms with Crippen LogP contribution >= 0.6 is 46.6 Å². The number of ether oxygens (including phenoxy) is 1. The number of hydrogen-bond acceptors (Lipinski definition) is 4. The lowest BCUT2D eigenvalue weighted by molar-refractivity contribution is 0.256. The van der Waals surface area contributed by atoms with Crippen LogP contribution in [0.25, 0.3) is 0 Å². The van der Waals surface area contributed by atoms with E-state index in [1.807, 2.05) is 47.3 Å². The molecule has 1 saturated heterocycles. The molecule has 0 N–H and O–H groups in total. The number of epoxide rings is 1. The molecule has 4 nitrogen and oxygen atoms in total. The molecule has 8 heteroatoms. The fraction of sp³-hybridized carbons (Fsp3) is 0.222. The number of benzene rings is 2. The van der Waals surface area contributed by atoms with Crippen molar-refractivity contribution < 1.29 is 4.74 Å². The van der Waals surface area contributed by atoms with Gasteiger partial charge in [-0.3, -0.25) is 0 Å². The van der Waals surface area contributed by atoms with Crippen molar-refractivity contribution in [2.24, 2.45) is 0 Å². The van der Waals surface area contributed by atoms with Crippen molar-refractivity contribution in [1.29, 1.82) is 0 Å². The van der Waals surface area contributed by atoms with Crippen molar-refractivity contribution in [3.8, 4) is 0 Å². The summed E-state index contributed by atoms with van der Waals surface area (Å²) >= 11 is 20.3. The zero-order chi connectivity index (χ0) is 18.3. The second-order valence-electron chi connectivity index (χ2n) is 5.92. The molecule has 0 bridgehead atoms. The minimum atomic E-state index is -0.583. The fourth-order valence-corrected chi connectivity index (χ4v) is 4.24. The van der Waals surface area contributed by atoms with E-state index in [1.165, 1.54) is 11.8 Å². The van der Waals surface area contributed by atoms with Gasteiger partial charge in [-0.25, -0.2) is 9.67 Å². The quantitative estimate of drug-likeness (QED) is 0.301. The summed E-state index contributed by atoms with van der Waals surface area (Å²) in [5, 5.41) is 6.36. The van der Waals surface area contributed by atoms with E-state index in [0.717, 1.165) is 16.3 Å². The molecule has 0 aliphatic carbocycles. The van der Waals surface area contributed by atoms with E-state index in [9.17, 15) is 0 Å². The first kappa shape index (κ1) is 18.1. The highest BCUT2D eigenvalue weighted by atomic mass is 35.5. The summed E-state index contributed by atoms with van der Waals surface area (Å²) < 4.78 is 8.09. The first-order valence-corrected chi connectivity index (χ1v) is 10.2. The van der Waals surface area contributed by atoms with Gasteiger partial charge in [0.25, 0.3) is 0 Å². The van der Waals surface area contributed by atoms with Crippen LogP contribution in [0.1, 0.15) is 17.2 Å². The van der Waals surface area contributed by atoms with Gasteiger partial charge in [0.1, 0.15) is 18.0 Å². The van der Waals surface area contributed by atoms with Crippen LogP contribution in [0.5, 0.6) is 0 Å². The molecule has 26 heavy (non-hydrogen) atoms. The second-order valence-corrected chi connectivity index (χ2v) is 7.86. The lowest BCUT2D eigenvalue weighted by atomic mass is 9.91. The Bertz CT molecular complexity index is 950. The number of hydrogen-bond donors (Lipinski definition) is 0. The van der Waals surface area contributed by atoms with Gasteiger partial charge in [0.15, 0.2) is 5.16 Å². The molecule has 2 heterocycles. The maximum absolute atomic E-state index is 6.45. The van der Waals surface area contributed by atoms with Gasteiger partial charge >= 0.3 is 0 Å². The molecule has 0 unspecified atom stereocenters. The number of nitrogens with zero attached hydrogens (tertiary/aromatic N) is 3. The maximum atomic E-state index is 6.45. The van der Waals surface area contributed by atoms with Gasteiger partial charge in [0.05, 0.1) is 21.6 Å². The molecule has 2 atom stereocenters. The Morgan fingerprint density at radius 2 is 1.88 bits per heavy atom. The molecule has 0 radical (unpaired) electrons. The summed E-state index contributed by atoms with van der Waals surface area (Å²) in [6.07, 6.45) is 3.27. The smallest absolute Gasteiger partial charge is 0.185 e. The van der Waals surface area contributed by atoms with Crippen LogP contribution in [-0.2, 0) is 16.9 Å². The highest BCUT2D eigenvalue weighted by molar-refractivity contribution is 7.98.